The molecule has 3 heteroatoms. The summed E-state index contributed by atoms with van der Waals surface area (Å²) in [6.45, 7) is 0. The van der Waals surface area contributed by atoms with Crippen molar-refractivity contribution in [2.75, 3.05) is 7.05 Å². The first-order chi connectivity index (χ1) is 5.72. The van der Waals surface area contributed by atoms with Gasteiger partial charge in [0.15, 0.2) is 6.21 Å². The van der Waals surface area contributed by atoms with E-state index in [2.05, 4.69) is 0 Å². The zero-order valence-corrected chi connectivity index (χ0v) is 6.69. The molecule has 12 heavy (non-hydrogen) atoms. The topological polar surface area (TPSA) is 49.9 Å². The smallest absolute Gasteiger partial charge is 0.181 e. The van der Waals surface area contributed by atoms with Gasteiger partial charge in [0.05, 0.1) is 11.6 Å². The molecule has 0 aliphatic heterocycles. The van der Waals surface area contributed by atoms with Crippen molar-refractivity contribution in [2.45, 2.75) is 0 Å². The minimum atomic E-state index is 0.598. The van der Waals surface area contributed by atoms with E-state index in [9.17, 15) is 5.21 Å². The molecule has 0 atom stereocenters. The standard InChI is InChI=1S/C9H8N2O/c1-11(12)7-9-4-2-8(6-10)3-5-9/h2-5,7H,1H3/b11-7-. The molecule has 3 nitrogen and oxygen atoms in total. The molecule has 0 radical (unpaired) electrons. The molecule has 0 saturated heterocycles. The summed E-state index contributed by atoms with van der Waals surface area (Å²) < 4.78 is 0.724. The third-order valence-electron chi connectivity index (χ3n) is 1.37. The summed E-state index contributed by atoms with van der Waals surface area (Å²) >= 11 is 0. The molecular weight excluding hydrogens is 152 g/mol. The predicted octanol–water partition coefficient (Wildman–Crippen LogP) is 1.12. The largest absolute Gasteiger partial charge is 0.624 e. The molecule has 1 aromatic carbocycles. The van der Waals surface area contributed by atoms with Crippen molar-refractivity contribution >= 4 is 6.21 Å². The summed E-state index contributed by atoms with van der Waals surface area (Å²) in [7, 11) is 1.41. The van der Waals surface area contributed by atoms with Crippen LogP contribution < -0.4 is 0 Å². The highest BCUT2D eigenvalue weighted by molar-refractivity contribution is 5.75. The highest BCUT2D eigenvalue weighted by Gasteiger charge is 1.92. The van der Waals surface area contributed by atoms with E-state index < -0.39 is 0 Å². The van der Waals surface area contributed by atoms with Gasteiger partial charge in [0.2, 0.25) is 0 Å². The third kappa shape index (κ3) is 2.10. The van der Waals surface area contributed by atoms with Crippen LogP contribution >= 0.6 is 0 Å². The summed E-state index contributed by atoms with van der Waals surface area (Å²) in [4.78, 5) is 0. The molecule has 1 rings (SSSR count). The van der Waals surface area contributed by atoms with Gasteiger partial charge in [-0.2, -0.15) is 5.26 Å². The summed E-state index contributed by atoms with van der Waals surface area (Å²) in [5, 5.41) is 19.0. The number of hydroxylamine groups is 1. The van der Waals surface area contributed by atoms with Gasteiger partial charge in [-0.1, -0.05) is 0 Å². The second-order valence-electron chi connectivity index (χ2n) is 2.41. The van der Waals surface area contributed by atoms with Crippen LogP contribution in [0.3, 0.4) is 0 Å². The zero-order valence-electron chi connectivity index (χ0n) is 6.69. The summed E-state index contributed by atoms with van der Waals surface area (Å²) in [5.41, 5.74) is 1.40. The lowest BCUT2D eigenvalue weighted by molar-refractivity contribution is -0.416. The van der Waals surface area contributed by atoms with Crippen LogP contribution in [0.4, 0.5) is 0 Å². The predicted molar refractivity (Wildman–Crippen MR) is 45.9 cm³/mol. The number of benzene rings is 1. The minimum Gasteiger partial charge on any atom is -0.624 e. The van der Waals surface area contributed by atoms with Gasteiger partial charge in [-0.05, 0) is 24.3 Å². The quantitative estimate of drug-likeness (QED) is 0.267. The zero-order chi connectivity index (χ0) is 8.97. The fourth-order valence-corrected chi connectivity index (χ4v) is 0.854. The monoisotopic (exact) mass is 160 g/mol. The average Bonchev–Trinajstić information content (AvgIpc) is 2.05. The molecule has 0 N–H and O–H groups in total. The lowest BCUT2D eigenvalue weighted by Crippen LogP contribution is -1.96. The third-order valence-corrected chi connectivity index (χ3v) is 1.37. The Labute approximate surface area is 70.8 Å². The van der Waals surface area contributed by atoms with Crippen LogP contribution in [0.5, 0.6) is 0 Å². The molecule has 1 aromatic rings. The van der Waals surface area contributed by atoms with E-state index in [0.717, 1.165) is 10.3 Å². The van der Waals surface area contributed by atoms with Gasteiger partial charge in [0.1, 0.15) is 7.05 Å². The van der Waals surface area contributed by atoms with Gasteiger partial charge in [-0.25, -0.2) is 4.74 Å². The minimum absolute atomic E-state index is 0.598. The molecule has 0 spiro atoms. The van der Waals surface area contributed by atoms with Crippen molar-refractivity contribution in [3.8, 4) is 6.07 Å². The first kappa shape index (κ1) is 8.28. The van der Waals surface area contributed by atoms with Crippen LogP contribution in [0, 0.1) is 16.5 Å². The molecule has 0 aromatic heterocycles. The number of nitrogens with zero attached hydrogens (tertiary/aromatic N) is 2. The van der Waals surface area contributed by atoms with Crippen molar-refractivity contribution in [2.24, 2.45) is 0 Å². The van der Waals surface area contributed by atoms with Crippen LogP contribution in [0.25, 0.3) is 0 Å². The Morgan fingerprint density at radius 2 is 2.00 bits per heavy atom. The second-order valence-corrected chi connectivity index (χ2v) is 2.41. The van der Waals surface area contributed by atoms with Crippen LogP contribution in [-0.2, 0) is 0 Å². The molecule has 0 bridgehead atoms. The Balaban J connectivity index is 2.95. The van der Waals surface area contributed by atoms with E-state index in [1.54, 1.807) is 24.3 Å². The molecule has 0 aliphatic carbocycles. The molecule has 0 fully saturated rings. The molecule has 60 valence electrons. The van der Waals surface area contributed by atoms with Crippen LogP contribution in [0.1, 0.15) is 11.1 Å². The molecule has 0 unspecified atom stereocenters. The van der Waals surface area contributed by atoms with Crippen molar-refractivity contribution in [3.05, 3.63) is 40.6 Å². The SMILES string of the molecule is C/[N+]([O-])=C/c1ccc(C#N)cc1. The van der Waals surface area contributed by atoms with E-state index >= 15 is 0 Å². The maximum absolute atomic E-state index is 10.6. The van der Waals surface area contributed by atoms with Crippen LogP contribution in [0.2, 0.25) is 0 Å². The second kappa shape index (κ2) is 3.54. The maximum atomic E-state index is 10.6. The molecule has 0 heterocycles. The van der Waals surface area contributed by atoms with Gasteiger partial charge in [-0.3, -0.25) is 0 Å². The van der Waals surface area contributed by atoms with Gasteiger partial charge in [0, 0.05) is 5.56 Å². The normalized spacial score (nSPS) is 10.8. The van der Waals surface area contributed by atoms with E-state index in [-0.39, 0.29) is 0 Å². The van der Waals surface area contributed by atoms with E-state index in [4.69, 9.17) is 5.26 Å². The van der Waals surface area contributed by atoms with Gasteiger partial charge < -0.3 is 5.21 Å². The summed E-state index contributed by atoms with van der Waals surface area (Å²) in [6, 6.07) is 8.81. The van der Waals surface area contributed by atoms with Gasteiger partial charge in [0.25, 0.3) is 0 Å². The highest BCUT2D eigenvalue weighted by Crippen LogP contribution is 1.99. The first-order valence-corrected chi connectivity index (χ1v) is 3.47. The van der Waals surface area contributed by atoms with Crippen LogP contribution in [-0.4, -0.2) is 18.0 Å². The van der Waals surface area contributed by atoms with Crippen LogP contribution in [0.15, 0.2) is 24.3 Å². The van der Waals surface area contributed by atoms with E-state index in [1.165, 1.54) is 13.3 Å². The summed E-state index contributed by atoms with van der Waals surface area (Å²) in [6.07, 6.45) is 1.45. The lowest BCUT2D eigenvalue weighted by atomic mass is 10.2. The first-order valence-electron chi connectivity index (χ1n) is 3.47. The van der Waals surface area contributed by atoms with E-state index in [1.807, 2.05) is 6.07 Å². The maximum Gasteiger partial charge on any atom is 0.181 e. The Morgan fingerprint density at radius 1 is 1.42 bits per heavy atom. The van der Waals surface area contributed by atoms with Gasteiger partial charge >= 0.3 is 0 Å². The highest BCUT2D eigenvalue weighted by atomic mass is 16.5. The Morgan fingerprint density at radius 3 is 2.42 bits per heavy atom. The Kier molecular flexibility index (Phi) is 2.44. The molecule has 0 amide bonds. The fraction of sp³-hybridized carbons (Fsp3) is 0.111. The number of nitriles is 1. The average molecular weight is 160 g/mol. The van der Waals surface area contributed by atoms with Crippen molar-refractivity contribution in [1.29, 1.82) is 5.26 Å². The lowest BCUT2D eigenvalue weighted by Gasteiger charge is -1.94. The Bertz CT molecular complexity index is 329. The number of hydrogen-bond donors (Lipinski definition) is 0. The van der Waals surface area contributed by atoms with Crippen molar-refractivity contribution in [3.63, 3.8) is 0 Å². The number of hydrogen-bond acceptors (Lipinski definition) is 2. The molecule has 0 aliphatic rings. The molecular formula is C9H8N2O. The van der Waals surface area contributed by atoms with Gasteiger partial charge in [-0.15, -0.1) is 0 Å². The Hall–Kier alpha value is -1.82. The number of rotatable bonds is 1. The van der Waals surface area contributed by atoms with Crippen molar-refractivity contribution < 1.29 is 4.74 Å². The van der Waals surface area contributed by atoms with E-state index in [0.29, 0.717) is 5.56 Å². The fourth-order valence-electron chi connectivity index (χ4n) is 0.854. The molecule has 0 saturated carbocycles. The summed E-state index contributed by atoms with van der Waals surface area (Å²) in [5.74, 6) is 0. The van der Waals surface area contributed by atoms with Crippen molar-refractivity contribution in [1.82, 2.24) is 0 Å².